The van der Waals surface area contributed by atoms with Gasteiger partial charge in [0.05, 0.1) is 5.75 Å². The van der Waals surface area contributed by atoms with Gasteiger partial charge in [0.25, 0.3) is 0 Å². The second kappa shape index (κ2) is 6.84. The van der Waals surface area contributed by atoms with Gasteiger partial charge in [0.15, 0.2) is 5.82 Å². The molecule has 0 bridgehead atoms. The third-order valence-electron chi connectivity index (χ3n) is 1.66. The number of hydrogen-bond donors (Lipinski definition) is 1. The van der Waals surface area contributed by atoms with Crippen LogP contribution in [-0.4, -0.2) is 27.6 Å². The van der Waals surface area contributed by atoms with Crippen molar-refractivity contribution in [1.29, 1.82) is 0 Å². The van der Waals surface area contributed by atoms with E-state index < -0.39 is 0 Å². The molecule has 0 aliphatic rings. The molecule has 0 saturated heterocycles. The lowest BCUT2D eigenvalue weighted by molar-refractivity contribution is 0.296. The normalized spacial score (nSPS) is 10.7. The van der Waals surface area contributed by atoms with E-state index in [4.69, 9.17) is 9.63 Å². The number of aliphatic hydroxyl groups is 1. The van der Waals surface area contributed by atoms with Crippen molar-refractivity contribution in [1.82, 2.24) is 10.1 Å². The molecule has 1 aromatic rings. The summed E-state index contributed by atoms with van der Waals surface area (Å²) in [5, 5.41) is 12.4. The maximum atomic E-state index is 8.57. The van der Waals surface area contributed by atoms with Crippen molar-refractivity contribution in [2.45, 2.75) is 31.9 Å². The van der Waals surface area contributed by atoms with Crippen LogP contribution in [0.25, 0.3) is 0 Å². The highest BCUT2D eigenvalue weighted by molar-refractivity contribution is 7.98. The van der Waals surface area contributed by atoms with E-state index in [1.165, 1.54) is 0 Å². The first-order valence-corrected chi connectivity index (χ1v) is 6.02. The third-order valence-corrected chi connectivity index (χ3v) is 2.68. The van der Waals surface area contributed by atoms with Gasteiger partial charge in [-0.2, -0.15) is 16.7 Å². The van der Waals surface area contributed by atoms with Gasteiger partial charge in [-0.15, -0.1) is 0 Å². The maximum absolute atomic E-state index is 8.57. The van der Waals surface area contributed by atoms with Gasteiger partial charge >= 0.3 is 0 Å². The fraction of sp³-hybridized carbons (Fsp3) is 0.778. The molecule has 0 spiro atoms. The Morgan fingerprint density at radius 1 is 1.50 bits per heavy atom. The maximum Gasteiger partial charge on any atom is 0.236 e. The van der Waals surface area contributed by atoms with Crippen LogP contribution in [0, 0.1) is 0 Å². The van der Waals surface area contributed by atoms with Gasteiger partial charge in [0.2, 0.25) is 5.89 Å². The van der Waals surface area contributed by atoms with Crippen molar-refractivity contribution in [2.24, 2.45) is 0 Å². The van der Waals surface area contributed by atoms with E-state index in [-0.39, 0.29) is 6.61 Å². The zero-order chi connectivity index (χ0) is 10.2. The van der Waals surface area contributed by atoms with Crippen molar-refractivity contribution in [3.63, 3.8) is 0 Å². The molecule has 5 heteroatoms. The monoisotopic (exact) mass is 216 g/mol. The zero-order valence-electron chi connectivity index (χ0n) is 8.40. The summed E-state index contributed by atoms with van der Waals surface area (Å²) < 4.78 is 5.05. The van der Waals surface area contributed by atoms with E-state index in [1.54, 1.807) is 11.8 Å². The minimum absolute atomic E-state index is 0.248. The number of rotatable bonds is 7. The molecule has 0 radical (unpaired) electrons. The van der Waals surface area contributed by atoms with Gasteiger partial charge in [-0.25, -0.2) is 0 Å². The summed E-state index contributed by atoms with van der Waals surface area (Å²) in [6, 6.07) is 0. The molecule has 0 fully saturated rings. The van der Waals surface area contributed by atoms with Crippen LogP contribution in [-0.2, 0) is 12.2 Å². The average Bonchev–Trinajstić information content (AvgIpc) is 2.61. The summed E-state index contributed by atoms with van der Waals surface area (Å²) >= 11 is 1.71. The molecule has 0 amide bonds. The number of nitrogens with zero attached hydrogens (tertiary/aromatic N) is 2. The molecule has 14 heavy (non-hydrogen) atoms. The molecule has 0 aliphatic carbocycles. The molecule has 80 valence electrons. The minimum atomic E-state index is 0.248. The summed E-state index contributed by atoms with van der Waals surface area (Å²) in [5.41, 5.74) is 0. The highest BCUT2D eigenvalue weighted by Gasteiger charge is 2.04. The lowest BCUT2D eigenvalue weighted by Crippen LogP contribution is -1.89. The molecule has 1 aromatic heterocycles. The zero-order valence-corrected chi connectivity index (χ0v) is 9.22. The molecule has 0 saturated carbocycles. The number of thioether (sulfide) groups is 1. The Kier molecular flexibility index (Phi) is 5.63. The second-order valence-electron chi connectivity index (χ2n) is 2.98. The number of hydrogen-bond acceptors (Lipinski definition) is 5. The fourth-order valence-corrected chi connectivity index (χ4v) is 1.77. The Morgan fingerprint density at radius 3 is 3.07 bits per heavy atom. The van der Waals surface area contributed by atoms with Crippen molar-refractivity contribution in [3.8, 4) is 0 Å². The summed E-state index contributed by atoms with van der Waals surface area (Å²) in [6.45, 7) is 2.34. The first kappa shape index (κ1) is 11.5. The van der Waals surface area contributed by atoms with Gasteiger partial charge in [-0.05, 0) is 18.6 Å². The first-order chi connectivity index (χ1) is 6.86. The van der Waals surface area contributed by atoms with Gasteiger partial charge in [0.1, 0.15) is 0 Å². The Morgan fingerprint density at radius 2 is 2.36 bits per heavy atom. The summed E-state index contributed by atoms with van der Waals surface area (Å²) in [4.78, 5) is 4.24. The standard InChI is InChI=1S/C9H16N2O2S/c1-2-4-8-10-9(13-11-8)7-14-6-3-5-12/h12H,2-7H2,1H3. The molecule has 0 unspecified atom stereocenters. The van der Waals surface area contributed by atoms with E-state index in [1.807, 2.05) is 0 Å². The Hall–Kier alpha value is -0.550. The summed E-state index contributed by atoms with van der Waals surface area (Å²) in [7, 11) is 0. The molecule has 0 aliphatic heterocycles. The van der Waals surface area contributed by atoms with Crippen LogP contribution in [0.15, 0.2) is 4.52 Å². The van der Waals surface area contributed by atoms with Gasteiger partial charge in [-0.3, -0.25) is 0 Å². The number of aromatic nitrogens is 2. The Labute approximate surface area is 88.1 Å². The topological polar surface area (TPSA) is 59.2 Å². The van der Waals surface area contributed by atoms with Crippen LogP contribution in [0.3, 0.4) is 0 Å². The quantitative estimate of drug-likeness (QED) is 0.702. The van der Waals surface area contributed by atoms with E-state index >= 15 is 0 Å². The van der Waals surface area contributed by atoms with Crippen LogP contribution in [0.4, 0.5) is 0 Å². The second-order valence-corrected chi connectivity index (χ2v) is 4.09. The molecular formula is C9H16N2O2S. The SMILES string of the molecule is CCCc1noc(CSCCCO)n1. The average molecular weight is 216 g/mol. The van der Waals surface area contributed by atoms with Crippen LogP contribution in [0.5, 0.6) is 0 Å². The van der Waals surface area contributed by atoms with Crippen molar-refractivity contribution in [3.05, 3.63) is 11.7 Å². The Balaban J connectivity index is 2.22. The van der Waals surface area contributed by atoms with Crippen LogP contribution < -0.4 is 0 Å². The molecule has 1 heterocycles. The summed E-state index contributed by atoms with van der Waals surface area (Å²) in [6.07, 6.45) is 2.74. The van der Waals surface area contributed by atoms with Crippen molar-refractivity contribution < 1.29 is 9.63 Å². The highest BCUT2D eigenvalue weighted by Crippen LogP contribution is 2.11. The van der Waals surface area contributed by atoms with E-state index in [9.17, 15) is 0 Å². The molecule has 4 nitrogen and oxygen atoms in total. The largest absolute Gasteiger partial charge is 0.396 e. The summed E-state index contributed by atoms with van der Waals surface area (Å²) in [5.74, 6) is 3.17. The van der Waals surface area contributed by atoms with Gasteiger partial charge in [0, 0.05) is 13.0 Å². The Bertz CT molecular complexity index is 253. The molecule has 0 atom stereocenters. The van der Waals surface area contributed by atoms with Crippen LogP contribution >= 0.6 is 11.8 Å². The van der Waals surface area contributed by atoms with Crippen molar-refractivity contribution >= 4 is 11.8 Å². The predicted molar refractivity (Wildman–Crippen MR) is 56.2 cm³/mol. The molecule has 1 rings (SSSR count). The van der Waals surface area contributed by atoms with Gasteiger partial charge in [-0.1, -0.05) is 12.1 Å². The molecule has 1 N–H and O–H groups in total. The lowest BCUT2D eigenvalue weighted by Gasteiger charge is -1.93. The third kappa shape index (κ3) is 4.11. The van der Waals surface area contributed by atoms with Crippen LogP contribution in [0.1, 0.15) is 31.5 Å². The number of aryl methyl sites for hydroxylation is 1. The smallest absolute Gasteiger partial charge is 0.236 e. The molecule has 0 aromatic carbocycles. The number of aliphatic hydroxyl groups excluding tert-OH is 1. The van der Waals surface area contributed by atoms with Crippen LogP contribution in [0.2, 0.25) is 0 Å². The van der Waals surface area contributed by atoms with E-state index in [0.29, 0.717) is 5.89 Å². The van der Waals surface area contributed by atoms with Gasteiger partial charge < -0.3 is 9.63 Å². The highest BCUT2D eigenvalue weighted by atomic mass is 32.2. The fourth-order valence-electron chi connectivity index (χ4n) is 1.00. The predicted octanol–water partition coefficient (Wildman–Crippen LogP) is 1.64. The van der Waals surface area contributed by atoms with Crippen molar-refractivity contribution in [2.75, 3.05) is 12.4 Å². The van der Waals surface area contributed by atoms with E-state index in [2.05, 4.69) is 17.1 Å². The van der Waals surface area contributed by atoms with E-state index in [0.717, 1.165) is 36.6 Å². The molecular weight excluding hydrogens is 200 g/mol. The lowest BCUT2D eigenvalue weighted by atomic mass is 10.3. The minimum Gasteiger partial charge on any atom is -0.396 e. The first-order valence-electron chi connectivity index (χ1n) is 4.87.